The van der Waals surface area contributed by atoms with E-state index >= 15 is 0 Å². The zero-order chi connectivity index (χ0) is 15.9. The Kier molecular flexibility index (Phi) is 6.64. The van der Waals surface area contributed by atoms with E-state index in [2.05, 4.69) is 38.1 Å². The lowest BCUT2D eigenvalue weighted by molar-refractivity contribution is -0.120. The second-order valence-electron chi connectivity index (χ2n) is 5.77. The van der Waals surface area contributed by atoms with Crippen LogP contribution in [-0.2, 0) is 11.2 Å². The maximum absolute atomic E-state index is 12.0. The summed E-state index contributed by atoms with van der Waals surface area (Å²) >= 11 is 3.22. The van der Waals surface area contributed by atoms with Crippen molar-refractivity contribution in [3.63, 3.8) is 0 Å². The van der Waals surface area contributed by atoms with Crippen molar-refractivity contribution in [1.82, 2.24) is 15.2 Å². The lowest BCUT2D eigenvalue weighted by Crippen LogP contribution is -2.43. The highest BCUT2D eigenvalue weighted by Gasteiger charge is 2.20. The summed E-state index contributed by atoms with van der Waals surface area (Å²) in [6, 6.07) is 2.41. The molecule has 1 aromatic rings. The average molecular weight is 370 g/mol. The molecule has 1 saturated heterocycles. The van der Waals surface area contributed by atoms with Crippen LogP contribution < -0.4 is 10.9 Å². The molecule has 1 aromatic heterocycles. The number of hydrogen-bond donors (Lipinski definition) is 2. The van der Waals surface area contributed by atoms with E-state index in [1.54, 1.807) is 12.3 Å². The van der Waals surface area contributed by atoms with Crippen LogP contribution in [0.5, 0.6) is 0 Å². The lowest BCUT2D eigenvalue weighted by Gasteiger charge is -2.35. The van der Waals surface area contributed by atoms with Crippen molar-refractivity contribution in [2.45, 2.75) is 45.1 Å². The maximum Gasteiger partial charge on any atom is 0.262 e. The molecule has 1 unspecified atom stereocenters. The van der Waals surface area contributed by atoms with Crippen molar-refractivity contribution in [2.24, 2.45) is 0 Å². The van der Waals surface area contributed by atoms with E-state index in [9.17, 15) is 9.59 Å². The first-order valence-corrected chi connectivity index (χ1v) is 8.78. The van der Waals surface area contributed by atoms with Gasteiger partial charge in [-0.1, -0.05) is 13.3 Å². The van der Waals surface area contributed by atoms with Crippen LogP contribution in [0, 0.1) is 0 Å². The monoisotopic (exact) mass is 369 g/mol. The Balaban J connectivity index is 1.78. The first-order valence-electron chi connectivity index (χ1n) is 7.98. The van der Waals surface area contributed by atoms with Crippen LogP contribution in [0.2, 0.25) is 0 Å². The van der Waals surface area contributed by atoms with E-state index < -0.39 is 0 Å². The largest absolute Gasteiger partial charge is 0.355 e. The molecule has 0 saturated carbocycles. The molecular weight excluding hydrogens is 346 g/mol. The van der Waals surface area contributed by atoms with Gasteiger partial charge in [-0.05, 0) is 53.4 Å². The minimum absolute atomic E-state index is 0.0450. The molecule has 22 heavy (non-hydrogen) atoms. The summed E-state index contributed by atoms with van der Waals surface area (Å²) in [5.41, 5.74) is 0.509. The van der Waals surface area contributed by atoms with Gasteiger partial charge >= 0.3 is 0 Å². The molecule has 0 aliphatic carbocycles. The number of halogens is 1. The molecular formula is C16H24BrN3O2. The topological polar surface area (TPSA) is 65.2 Å². The van der Waals surface area contributed by atoms with Gasteiger partial charge in [-0.2, -0.15) is 0 Å². The van der Waals surface area contributed by atoms with E-state index in [1.807, 2.05) is 0 Å². The van der Waals surface area contributed by atoms with E-state index in [4.69, 9.17) is 0 Å². The predicted molar refractivity (Wildman–Crippen MR) is 91.0 cm³/mol. The Morgan fingerprint density at radius 3 is 3.09 bits per heavy atom. The molecule has 1 aliphatic rings. The van der Waals surface area contributed by atoms with Gasteiger partial charge in [0.25, 0.3) is 5.56 Å². The number of nitrogens with zero attached hydrogens (tertiary/aromatic N) is 1. The Bertz CT molecular complexity index is 559. The van der Waals surface area contributed by atoms with E-state index in [-0.39, 0.29) is 17.9 Å². The Morgan fingerprint density at radius 1 is 1.50 bits per heavy atom. The predicted octanol–water partition coefficient (Wildman–Crippen LogP) is 2.06. The summed E-state index contributed by atoms with van der Waals surface area (Å²) in [7, 11) is 0. The van der Waals surface area contributed by atoms with Gasteiger partial charge in [0.1, 0.15) is 0 Å². The number of pyridine rings is 1. The summed E-state index contributed by atoms with van der Waals surface area (Å²) < 4.78 is 0.437. The van der Waals surface area contributed by atoms with E-state index in [0.717, 1.165) is 13.1 Å². The standard InChI is InChI=1S/C16H24BrN3O2/c1-2-13-5-3-4-9-20(13)10-8-18-14(21)11-12-6-7-19-16(22)15(12)17/h6-7,13H,2-5,8-11H2,1H3,(H,18,21)(H,19,22). The highest BCUT2D eigenvalue weighted by Crippen LogP contribution is 2.18. The van der Waals surface area contributed by atoms with Crippen LogP contribution in [0.1, 0.15) is 38.2 Å². The number of aromatic nitrogens is 1. The minimum atomic E-state index is -0.204. The minimum Gasteiger partial charge on any atom is -0.355 e. The summed E-state index contributed by atoms with van der Waals surface area (Å²) in [6.07, 6.45) is 6.80. The molecule has 0 spiro atoms. The molecule has 1 atom stereocenters. The van der Waals surface area contributed by atoms with E-state index in [1.165, 1.54) is 25.7 Å². The molecule has 1 fully saturated rings. The third-order valence-electron chi connectivity index (χ3n) is 4.27. The summed E-state index contributed by atoms with van der Waals surface area (Å²) in [4.78, 5) is 28.5. The number of rotatable bonds is 6. The Hall–Kier alpha value is -1.14. The van der Waals surface area contributed by atoms with Crippen molar-refractivity contribution < 1.29 is 4.79 Å². The molecule has 0 aromatic carbocycles. The number of likely N-dealkylation sites (tertiary alicyclic amines) is 1. The number of nitrogens with one attached hydrogen (secondary N) is 2. The average Bonchev–Trinajstić information content (AvgIpc) is 2.52. The highest BCUT2D eigenvalue weighted by atomic mass is 79.9. The number of amides is 1. The van der Waals surface area contributed by atoms with Crippen molar-refractivity contribution >= 4 is 21.8 Å². The molecule has 1 amide bonds. The van der Waals surface area contributed by atoms with Crippen LogP contribution in [-0.4, -0.2) is 41.5 Å². The highest BCUT2D eigenvalue weighted by molar-refractivity contribution is 9.10. The van der Waals surface area contributed by atoms with Gasteiger partial charge in [-0.25, -0.2) is 0 Å². The van der Waals surface area contributed by atoms with Gasteiger partial charge in [-0.15, -0.1) is 0 Å². The number of hydrogen-bond acceptors (Lipinski definition) is 3. The van der Waals surface area contributed by atoms with Crippen molar-refractivity contribution in [1.29, 1.82) is 0 Å². The number of carbonyl (C=O) groups excluding carboxylic acids is 1. The quantitative estimate of drug-likeness (QED) is 0.806. The van der Waals surface area contributed by atoms with Gasteiger partial charge in [0.2, 0.25) is 5.91 Å². The molecule has 5 nitrogen and oxygen atoms in total. The van der Waals surface area contributed by atoms with Crippen molar-refractivity contribution in [2.75, 3.05) is 19.6 Å². The van der Waals surface area contributed by atoms with Gasteiger partial charge in [0, 0.05) is 25.3 Å². The Morgan fingerprint density at radius 2 is 2.32 bits per heavy atom. The van der Waals surface area contributed by atoms with Crippen LogP contribution in [0.4, 0.5) is 0 Å². The fourth-order valence-corrected chi connectivity index (χ4v) is 3.41. The van der Waals surface area contributed by atoms with E-state index in [0.29, 0.717) is 22.6 Å². The maximum atomic E-state index is 12.0. The summed E-state index contributed by atoms with van der Waals surface area (Å²) in [5, 5.41) is 2.96. The number of piperidine rings is 1. The first-order chi connectivity index (χ1) is 10.6. The van der Waals surface area contributed by atoms with Crippen LogP contribution in [0.15, 0.2) is 21.5 Å². The second-order valence-corrected chi connectivity index (χ2v) is 6.56. The fourth-order valence-electron chi connectivity index (χ4n) is 3.03. The van der Waals surface area contributed by atoms with Crippen LogP contribution >= 0.6 is 15.9 Å². The summed E-state index contributed by atoms with van der Waals surface area (Å²) in [6.45, 7) is 4.93. The van der Waals surface area contributed by atoms with Crippen LogP contribution in [0.3, 0.4) is 0 Å². The fraction of sp³-hybridized carbons (Fsp3) is 0.625. The molecule has 0 bridgehead atoms. The molecule has 1 aliphatic heterocycles. The zero-order valence-electron chi connectivity index (χ0n) is 13.0. The Labute approximate surface area is 139 Å². The van der Waals surface area contributed by atoms with Crippen molar-refractivity contribution in [3.05, 3.63) is 32.7 Å². The molecule has 2 heterocycles. The van der Waals surface area contributed by atoms with Gasteiger partial charge < -0.3 is 10.3 Å². The molecule has 6 heteroatoms. The number of carbonyl (C=O) groups is 1. The van der Waals surface area contributed by atoms with Gasteiger partial charge in [0.05, 0.1) is 10.9 Å². The normalized spacial score (nSPS) is 19.1. The lowest BCUT2D eigenvalue weighted by atomic mass is 10.0. The summed E-state index contributed by atoms with van der Waals surface area (Å²) in [5.74, 6) is -0.0450. The van der Waals surface area contributed by atoms with Gasteiger partial charge in [-0.3, -0.25) is 14.5 Å². The first kappa shape index (κ1) is 17.2. The molecule has 122 valence electrons. The third-order valence-corrected chi connectivity index (χ3v) is 5.14. The molecule has 0 radical (unpaired) electrons. The number of H-pyrrole nitrogens is 1. The number of aromatic amines is 1. The zero-order valence-corrected chi connectivity index (χ0v) is 14.6. The van der Waals surface area contributed by atoms with Crippen LogP contribution in [0.25, 0.3) is 0 Å². The van der Waals surface area contributed by atoms with Crippen molar-refractivity contribution in [3.8, 4) is 0 Å². The molecule has 2 N–H and O–H groups in total. The second kappa shape index (κ2) is 8.48. The SMILES string of the molecule is CCC1CCCCN1CCNC(=O)Cc1cc[nH]c(=O)c1Br. The third kappa shape index (κ3) is 4.68. The smallest absolute Gasteiger partial charge is 0.262 e. The van der Waals surface area contributed by atoms with Gasteiger partial charge in [0.15, 0.2) is 0 Å². The molecule has 2 rings (SSSR count).